The number of carbonyl (C=O) groups excluding carboxylic acids is 2. The zero-order valence-electron chi connectivity index (χ0n) is 23.9. The summed E-state index contributed by atoms with van der Waals surface area (Å²) in [7, 11) is 0. The second-order valence-electron chi connectivity index (χ2n) is 11.2. The first-order valence-corrected chi connectivity index (χ1v) is 14.8. The number of carbonyl (C=O) groups is 2. The van der Waals surface area contributed by atoms with Crippen molar-refractivity contribution in [2.45, 2.75) is 19.9 Å². The first-order valence-electron chi connectivity index (χ1n) is 14.5. The molecule has 9 heteroatoms. The Kier molecular flexibility index (Phi) is 7.13. The molecule has 0 spiro atoms. The number of benzene rings is 3. The largest absolute Gasteiger partial charge is 0.492 e. The van der Waals surface area contributed by atoms with E-state index in [9.17, 15) is 9.59 Å². The van der Waals surface area contributed by atoms with Gasteiger partial charge in [0.2, 0.25) is 0 Å². The summed E-state index contributed by atoms with van der Waals surface area (Å²) in [6.45, 7) is 7.28. The van der Waals surface area contributed by atoms with Gasteiger partial charge in [0, 0.05) is 54.1 Å². The summed E-state index contributed by atoms with van der Waals surface area (Å²) >= 11 is 6.19. The van der Waals surface area contributed by atoms with E-state index >= 15 is 0 Å². The summed E-state index contributed by atoms with van der Waals surface area (Å²) < 4.78 is 11.6. The number of ether oxygens (including phenoxy) is 2. The number of nitrogens with zero attached hydrogens (tertiary/aromatic N) is 3. The highest BCUT2D eigenvalue weighted by molar-refractivity contribution is 6.31. The molecule has 0 bridgehead atoms. The number of hydrogen-bond acceptors (Lipinski definition) is 6. The van der Waals surface area contributed by atoms with E-state index in [1.807, 2.05) is 43.3 Å². The van der Waals surface area contributed by atoms with Crippen LogP contribution in [0.2, 0.25) is 5.02 Å². The minimum Gasteiger partial charge on any atom is -0.492 e. The molecule has 0 unspecified atom stereocenters. The molecule has 3 heterocycles. The Morgan fingerprint density at radius 2 is 1.86 bits per heavy atom. The van der Waals surface area contributed by atoms with E-state index in [4.69, 9.17) is 26.8 Å². The summed E-state index contributed by atoms with van der Waals surface area (Å²) in [5.41, 5.74) is 15.1. The number of nitrogens with two attached hydrogens (primary N) is 1. The molecule has 2 aliphatic heterocycles. The summed E-state index contributed by atoms with van der Waals surface area (Å²) in [6, 6.07) is 17.5. The molecule has 1 aliphatic carbocycles. The topological polar surface area (TPSA) is 98.0 Å². The number of aromatic nitrogens is 1. The van der Waals surface area contributed by atoms with Crippen LogP contribution < -0.4 is 15.4 Å². The zero-order chi connectivity index (χ0) is 29.7. The molecule has 3 aliphatic rings. The Labute approximate surface area is 255 Å². The molecular formula is C34H31ClN4O4. The number of hydrogen-bond donors (Lipinski definition) is 1. The van der Waals surface area contributed by atoms with Crippen LogP contribution in [0.5, 0.6) is 5.75 Å². The molecule has 0 saturated carbocycles. The number of pyridine rings is 1. The lowest BCUT2D eigenvalue weighted by Crippen LogP contribution is -2.38. The van der Waals surface area contributed by atoms with Crippen LogP contribution in [0.3, 0.4) is 0 Å². The standard InChI is InChI=1S/C34H31ClN4O4/c1-20-25(3-2-4-30(20)39-19-21-5-6-23(35)17-27(21)34(39)41)29-18-37-32(33(36)40)28-16-22-15-24(7-8-26(22)31(28)29)43-14-11-38-9-12-42-13-10-38/h2-8,15,17-18H,9-14,16,19H2,1H3,(H2,36,40). The predicted octanol–water partition coefficient (Wildman–Crippen LogP) is 5.25. The van der Waals surface area contributed by atoms with Crippen LogP contribution in [0.4, 0.5) is 5.69 Å². The summed E-state index contributed by atoms with van der Waals surface area (Å²) in [5, 5.41) is 0.542. The van der Waals surface area contributed by atoms with Gasteiger partial charge in [-0.2, -0.15) is 0 Å². The van der Waals surface area contributed by atoms with Crippen molar-refractivity contribution in [1.29, 1.82) is 0 Å². The van der Waals surface area contributed by atoms with E-state index in [0.29, 0.717) is 30.2 Å². The van der Waals surface area contributed by atoms with E-state index in [-0.39, 0.29) is 11.6 Å². The molecular weight excluding hydrogens is 564 g/mol. The van der Waals surface area contributed by atoms with Crippen LogP contribution in [-0.4, -0.2) is 61.2 Å². The smallest absolute Gasteiger partial charge is 0.267 e. The lowest BCUT2D eigenvalue weighted by atomic mass is 9.91. The molecule has 1 saturated heterocycles. The maximum atomic E-state index is 13.4. The fraction of sp³-hybridized carbons (Fsp3) is 0.265. The first kappa shape index (κ1) is 27.6. The highest BCUT2D eigenvalue weighted by atomic mass is 35.5. The maximum Gasteiger partial charge on any atom is 0.267 e. The highest BCUT2D eigenvalue weighted by Gasteiger charge is 2.32. The Bertz CT molecular complexity index is 1780. The second kappa shape index (κ2) is 11.1. The third-order valence-corrected chi connectivity index (χ3v) is 8.90. The number of primary amides is 1. The highest BCUT2D eigenvalue weighted by Crippen LogP contribution is 2.46. The SMILES string of the molecule is Cc1c(-c2cnc(C(N)=O)c3c2-c2ccc(OCCN4CCOCC4)cc2C3)cccc1N1Cc2ccc(Cl)cc2C1=O. The average Bonchev–Trinajstić information content (AvgIpc) is 3.54. The van der Waals surface area contributed by atoms with Crippen LogP contribution in [0, 0.1) is 6.92 Å². The molecule has 1 aromatic heterocycles. The van der Waals surface area contributed by atoms with E-state index in [0.717, 1.165) is 88.8 Å². The Hall–Kier alpha value is -4.24. The van der Waals surface area contributed by atoms with Crippen LogP contribution in [0.1, 0.15) is 43.1 Å². The Morgan fingerprint density at radius 3 is 2.67 bits per heavy atom. The van der Waals surface area contributed by atoms with Crippen molar-refractivity contribution in [1.82, 2.24) is 9.88 Å². The van der Waals surface area contributed by atoms with Gasteiger partial charge < -0.3 is 20.1 Å². The predicted molar refractivity (Wildman–Crippen MR) is 166 cm³/mol. The third kappa shape index (κ3) is 4.95. The number of halogens is 1. The summed E-state index contributed by atoms with van der Waals surface area (Å²) in [6.07, 6.45) is 2.26. The van der Waals surface area contributed by atoms with Gasteiger partial charge in [-0.15, -0.1) is 0 Å². The summed E-state index contributed by atoms with van der Waals surface area (Å²) in [5.74, 6) is 0.166. The van der Waals surface area contributed by atoms with Crippen LogP contribution >= 0.6 is 11.6 Å². The van der Waals surface area contributed by atoms with Gasteiger partial charge in [-0.05, 0) is 76.2 Å². The van der Waals surface area contributed by atoms with Crippen molar-refractivity contribution in [3.63, 3.8) is 0 Å². The molecule has 0 radical (unpaired) electrons. The third-order valence-electron chi connectivity index (χ3n) is 8.67. The monoisotopic (exact) mass is 594 g/mol. The van der Waals surface area contributed by atoms with Gasteiger partial charge in [0.05, 0.1) is 19.8 Å². The molecule has 218 valence electrons. The van der Waals surface area contributed by atoms with E-state index < -0.39 is 5.91 Å². The van der Waals surface area contributed by atoms with Crippen LogP contribution in [0.15, 0.2) is 60.8 Å². The molecule has 43 heavy (non-hydrogen) atoms. The lowest BCUT2D eigenvalue weighted by molar-refractivity contribution is 0.0322. The number of morpholine rings is 1. The van der Waals surface area contributed by atoms with Crippen molar-refractivity contribution in [3.8, 4) is 28.0 Å². The van der Waals surface area contributed by atoms with Gasteiger partial charge in [0.1, 0.15) is 18.1 Å². The van der Waals surface area contributed by atoms with Gasteiger partial charge in [-0.3, -0.25) is 19.5 Å². The van der Waals surface area contributed by atoms with Crippen LogP contribution in [0.25, 0.3) is 22.3 Å². The average molecular weight is 595 g/mol. The molecule has 2 amide bonds. The fourth-order valence-corrected chi connectivity index (χ4v) is 6.65. The molecule has 3 aromatic carbocycles. The number of rotatable bonds is 7. The molecule has 2 N–H and O–H groups in total. The van der Waals surface area contributed by atoms with Gasteiger partial charge in [-0.25, -0.2) is 0 Å². The molecule has 8 nitrogen and oxygen atoms in total. The summed E-state index contributed by atoms with van der Waals surface area (Å²) in [4.78, 5) is 34.5. The van der Waals surface area contributed by atoms with E-state index in [1.165, 1.54) is 0 Å². The Balaban J connectivity index is 1.23. The quantitative estimate of drug-likeness (QED) is 0.276. The van der Waals surface area contributed by atoms with Crippen LogP contribution in [-0.2, 0) is 17.7 Å². The number of fused-ring (bicyclic) bond motifs is 4. The maximum absolute atomic E-state index is 13.4. The molecule has 4 aromatic rings. The van der Waals surface area contributed by atoms with E-state index in [1.54, 1.807) is 17.2 Å². The second-order valence-corrected chi connectivity index (χ2v) is 11.6. The minimum absolute atomic E-state index is 0.0725. The van der Waals surface area contributed by atoms with Crippen molar-refractivity contribution < 1.29 is 19.1 Å². The van der Waals surface area contributed by atoms with Crippen molar-refractivity contribution in [2.24, 2.45) is 5.73 Å². The zero-order valence-corrected chi connectivity index (χ0v) is 24.6. The molecule has 0 atom stereocenters. The van der Waals surface area contributed by atoms with Crippen molar-refractivity contribution >= 4 is 29.1 Å². The van der Waals surface area contributed by atoms with Crippen molar-refractivity contribution in [3.05, 3.63) is 99.3 Å². The van der Waals surface area contributed by atoms with Gasteiger partial charge in [-0.1, -0.05) is 35.9 Å². The van der Waals surface area contributed by atoms with Gasteiger partial charge in [0.25, 0.3) is 11.8 Å². The Morgan fingerprint density at radius 1 is 1.02 bits per heavy atom. The number of amides is 2. The van der Waals surface area contributed by atoms with Gasteiger partial charge in [0.15, 0.2) is 0 Å². The van der Waals surface area contributed by atoms with Gasteiger partial charge >= 0.3 is 0 Å². The normalized spacial score (nSPS) is 15.8. The lowest BCUT2D eigenvalue weighted by Gasteiger charge is -2.26. The molecule has 7 rings (SSSR count). The minimum atomic E-state index is -0.554. The van der Waals surface area contributed by atoms with Crippen molar-refractivity contribution in [2.75, 3.05) is 44.4 Å². The molecule has 1 fully saturated rings. The fourth-order valence-electron chi connectivity index (χ4n) is 6.48. The first-order chi connectivity index (χ1) is 20.9. The van der Waals surface area contributed by atoms with E-state index in [2.05, 4.69) is 22.0 Å². The number of anilines is 1.